The summed E-state index contributed by atoms with van der Waals surface area (Å²) in [5, 5.41) is 2.72. The van der Waals surface area contributed by atoms with E-state index < -0.39 is 0 Å². The van der Waals surface area contributed by atoms with E-state index in [4.69, 9.17) is 4.42 Å². The highest BCUT2D eigenvalue weighted by Crippen LogP contribution is 2.19. The molecule has 0 unspecified atom stereocenters. The number of benzene rings is 1. The van der Waals surface area contributed by atoms with Gasteiger partial charge in [0.05, 0.1) is 18.1 Å². The van der Waals surface area contributed by atoms with Gasteiger partial charge in [0.15, 0.2) is 10.4 Å². The van der Waals surface area contributed by atoms with Crippen LogP contribution in [-0.4, -0.2) is 42.1 Å². The Bertz CT molecular complexity index is 905. The van der Waals surface area contributed by atoms with Crippen molar-refractivity contribution in [1.29, 1.82) is 0 Å². The Morgan fingerprint density at radius 3 is 2.26 bits per heavy atom. The Hall–Kier alpha value is -2.87. The van der Waals surface area contributed by atoms with E-state index in [-0.39, 0.29) is 11.7 Å². The van der Waals surface area contributed by atoms with Gasteiger partial charge in [0.25, 0.3) is 5.91 Å². The van der Waals surface area contributed by atoms with Gasteiger partial charge in [-0.1, -0.05) is 18.2 Å². The Morgan fingerprint density at radius 2 is 1.63 bits per heavy atom. The van der Waals surface area contributed by atoms with Crippen molar-refractivity contribution < 1.29 is 9.21 Å². The molecule has 3 heterocycles. The monoisotopic (exact) mass is 427 g/mol. The van der Waals surface area contributed by atoms with E-state index in [0.29, 0.717) is 16.3 Å². The van der Waals surface area contributed by atoms with Crippen molar-refractivity contribution in [3.8, 4) is 0 Å². The Labute approximate surface area is 165 Å². The maximum absolute atomic E-state index is 12.1. The van der Waals surface area contributed by atoms with E-state index >= 15 is 0 Å². The number of furan rings is 1. The Morgan fingerprint density at radius 1 is 0.963 bits per heavy atom. The van der Waals surface area contributed by atoms with E-state index in [1.807, 2.05) is 6.07 Å². The zero-order valence-corrected chi connectivity index (χ0v) is 16.1. The van der Waals surface area contributed by atoms with E-state index in [0.717, 1.165) is 26.2 Å². The van der Waals surface area contributed by atoms with Crippen LogP contribution in [0, 0.1) is 0 Å². The number of piperazine rings is 1. The van der Waals surface area contributed by atoms with Gasteiger partial charge in [-0.15, -0.1) is 0 Å². The second-order valence-corrected chi connectivity index (χ2v) is 6.92. The highest BCUT2D eigenvalue weighted by atomic mass is 79.9. The number of halogens is 1. The lowest BCUT2D eigenvalue weighted by Crippen LogP contribution is -2.47. The van der Waals surface area contributed by atoms with Crippen LogP contribution in [0.3, 0.4) is 0 Å². The van der Waals surface area contributed by atoms with Crippen molar-refractivity contribution >= 4 is 39.2 Å². The van der Waals surface area contributed by atoms with Crippen molar-refractivity contribution in [2.24, 2.45) is 0 Å². The average Bonchev–Trinajstić information content (AvgIpc) is 3.16. The van der Waals surface area contributed by atoms with Crippen LogP contribution >= 0.6 is 15.9 Å². The summed E-state index contributed by atoms with van der Waals surface area (Å²) in [5.41, 5.74) is 1.76. The zero-order valence-electron chi connectivity index (χ0n) is 14.5. The molecule has 0 aliphatic carbocycles. The molecule has 27 heavy (non-hydrogen) atoms. The molecule has 0 bridgehead atoms. The van der Waals surface area contributed by atoms with Crippen molar-refractivity contribution in [3.05, 3.63) is 65.3 Å². The largest absolute Gasteiger partial charge is 0.444 e. The molecule has 1 saturated heterocycles. The van der Waals surface area contributed by atoms with Crippen LogP contribution in [0.15, 0.2) is 63.9 Å². The minimum atomic E-state index is -0.339. The topological polar surface area (TPSA) is 74.5 Å². The fraction of sp³-hybridized carbons (Fsp3) is 0.211. The number of amides is 1. The molecular formula is C19H18BrN5O2. The van der Waals surface area contributed by atoms with Crippen molar-refractivity contribution in [3.63, 3.8) is 0 Å². The number of para-hydroxylation sites is 1. The summed E-state index contributed by atoms with van der Waals surface area (Å²) < 4.78 is 5.74. The first-order chi connectivity index (χ1) is 13.2. The number of carbonyl (C=O) groups is 1. The molecule has 0 saturated carbocycles. The quantitative estimate of drug-likeness (QED) is 0.687. The summed E-state index contributed by atoms with van der Waals surface area (Å²) in [6.45, 7) is 3.53. The van der Waals surface area contributed by atoms with Crippen LogP contribution in [0.25, 0.3) is 0 Å². The highest BCUT2D eigenvalue weighted by Gasteiger charge is 2.19. The minimum Gasteiger partial charge on any atom is -0.444 e. The summed E-state index contributed by atoms with van der Waals surface area (Å²) >= 11 is 3.18. The van der Waals surface area contributed by atoms with Crippen LogP contribution < -0.4 is 15.1 Å². The minimum absolute atomic E-state index is 0.225. The third-order valence-corrected chi connectivity index (χ3v) is 4.80. The van der Waals surface area contributed by atoms with Gasteiger partial charge in [0.1, 0.15) is 0 Å². The molecule has 1 N–H and O–H groups in total. The van der Waals surface area contributed by atoms with Crippen LogP contribution in [-0.2, 0) is 0 Å². The summed E-state index contributed by atoms with van der Waals surface area (Å²) in [6, 6.07) is 13.7. The van der Waals surface area contributed by atoms with Gasteiger partial charge in [0.2, 0.25) is 5.95 Å². The zero-order chi connectivity index (χ0) is 18.6. The smallest absolute Gasteiger partial charge is 0.291 e. The Balaban J connectivity index is 1.35. The van der Waals surface area contributed by atoms with Gasteiger partial charge in [-0.25, -0.2) is 9.97 Å². The molecule has 1 aliphatic heterocycles. The number of anilines is 3. The fourth-order valence-corrected chi connectivity index (χ4v) is 3.29. The predicted molar refractivity (Wildman–Crippen MR) is 107 cm³/mol. The standard InChI is InChI=1S/C19H18BrN5O2/c20-17-7-6-16(27-17)18(26)23-14-12-21-19(22-13-14)25-10-8-24(9-11-25)15-4-2-1-3-5-15/h1-7,12-13H,8-11H2,(H,23,26). The molecule has 4 rings (SSSR count). The number of nitrogens with zero attached hydrogens (tertiary/aromatic N) is 4. The van der Waals surface area contributed by atoms with Gasteiger partial charge in [-0.3, -0.25) is 4.79 Å². The third kappa shape index (κ3) is 4.11. The average molecular weight is 428 g/mol. The van der Waals surface area contributed by atoms with E-state index in [1.165, 1.54) is 5.69 Å². The molecular weight excluding hydrogens is 410 g/mol. The van der Waals surface area contributed by atoms with Crippen molar-refractivity contribution in [1.82, 2.24) is 9.97 Å². The van der Waals surface area contributed by atoms with Crippen LogP contribution in [0.2, 0.25) is 0 Å². The molecule has 0 atom stereocenters. The number of hydrogen-bond donors (Lipinski definition) is 1. The molecule has 1 amide bonds. The van der Waals surface area contributed by atoms with Crippen LogP contribution in [0.4, 0.5) is 17.3 Å². The fourth-order valence-electron chi connectivity index (χ4n) is 2.98. The Kier molecular flexibility index (Phi) is 5.06. The normalized spacial score (nSPS) is 14.3. The van der Waals surface area contributed by atoms with E-state index in [9.17, 15) is 4.79 Å². The second-order valence-electron chi connectivity index (χ2n) is 6.14. The first-order valence-corrected chi connectivity index (χ1v) is 9.42. The van der Waals surface area contributed by atoms with Crippen LogP contribution in [0.5, 0.6) is 0 Å². The number of nitrogens with one attached hydrogen (secondary N) is 1. The predicted octanol–water partition coefficient (Wildman–Crippen LogP) is 3.41. The van der Waals surface area contributed by atoms with E-state index in [1.54, 1.807) is 24.5 Å². The number of rotatable bonds is 4. The molecule has 1 aromatic carbocycles. The third-order valence-electron chi connectivity index (χ3n) is 4.38. The second kappa shape index (κ2) is 7.79. The van der Waals surface area contributed by atoms with Crippen LogP contribution in [0.1, 0.15) is 10.6 Å². The van der Waals surface area contributed by atoms with Gasteiger partial charge in [-0.05, 0) is 40.2 Å². The molecule has 1 fully saturated rings. The molecule has 0 radical (unpaired) electrons. The maximum Gasteiger partial charge on any atom is 0.291 e. The summed E-state index contributed by atoms with van der Waals surface area (Å²) in [6.07, 6.45) is 3.23. The molecule has 1 aliphatic rings. The SMILES string of the molecule is O=C(Nc1cnc(N2CCN(c3ccccc3)CC2)nc1)c1ccc(Br)o1. The summed E-state index contributed by atoms with van der Waals surface area (Å²) in [4.78, 5) is 25.4. The maximum atomic E-state index is 12.1. The number of aromatic nitrogens is 2. The van der Waals surface area contributed by atoms with Crippen molar-refractivity contribution in [2.75, 3.05) is 41.3 Å². The van der Waals surface area contributed by atoms with Gasteiger partial charge in [-0.2, -0.15) is 0 Å². The molecule has 7 nitrogen and oxygen atoms in total. The van der Waals surface area contributed by atoms with E-state index in [2.05, 4.69) is 65.3 Å². The first kappa shape index (κ1) is 17.5. The van der Waals surface area contributed by atoms with Gasteiger partial charge in [0, 0.05) is 31.9 Å². The molecule has 3 aromatic rings. The molecule has 8 heteroatoms. The van der Waals surface area contributed by atoms with Gasteiger partial charge < -0.3 is 19.5 Å². The highest BCUT2D eigenvalue weighted by molar-refractivity contribution is 9.10. The first-order valence-electron chi connectivity index (χ1n) is 8.63. The molecule has 138 valence electrons. The lowest BCUT2D eigenvalue weighted by Gasteiger charge is -2.36. The number of hydrogen-bond acceptors (Lipinski definition) is 6. The lowest BCUT2D eigenvalue weighted by atomic mass is 10.2. The lowest BCUT2D eigenvalue weighted by molar-refractivity contribution is 0.0995. The number of carbonyl (C=O) groups excluding carboxylic acids is 1. The molecule has 0 spiro atoms. The summed E-state index contributed by atoms with van der Waals surface area (Å²) in [7, 11) is 0. The molecule has 2 aromatic heterocycles. The van der Waals surface area contributed by atoms with Crippen molar-refractivity contribution in [2.45, 2.75) is 0 Å². The van der Waals surface area contributed by atoms with Gasteiger partial charge >= 0.3 is 0 Å². The summed E-state index contributed by atoms with van der Waals surface area (Å²) in [5.74, 6) is 0.554.